The van der Waals surface area contributed by atoms with Gasteiger partial charge in [0, 0.05) is 44.4 Å². The van der Waals surface area contributed by atoms with Gasteiger partial charge in [-0.15, -0.1) is 0 Å². The van der Waals surface area contributed by atoms with Crippen molar-refractivity contribution in [1.82, 2.24) is 19.8 Å². The molecule has 1 aromatic heterocycles. The molecular weight excluding hydrogens is 366 g/mol. The van der Waals surface area contributed by atoms with Crippen LogP contribution in [0.1, 0.15) is 30.5 Å². The quantitative estimate of drug-likeness (QED) is 0.776. The maximum absolute atomic E-state index is 13.0. The summed E-state index contributed by atoms with van der Waals surface area (Å²) in [5, 5.41) is 0. The fraction of sp³-hybridized carbons (Fsp3) is 0.500. The van der Waals surface area contributed by atoms with Crippen molar-refractivity contribution in [2.24, 2.45) is 17.6 Å². The number of hydrogen-bond acceptors (Lipinski definition) is 4. The molecule has 2 aromatic rings. The minimum atomic E-state index is -0.622. The molecule has 0 spiro atoms. The number of rotatable bonds is 6. The van der Waals surface area contributed by atoms with E-state index in [-0.39, 0.29) is 5.91 Å². The number of hydrogen-bond donors (Lipinski definition) is 2. The molecule has 1 aromatic carbocycles. The van der Waals surface area contributed by atoms with Crippen LogP contribution >= 0.6 is 0 Å². The first-order valence-electron chi connectivity index (χ1n) is 10.4. The number of benzene rings is 1. The van der Waals surface area contributed by atoms with Gasteiger partial charge in [-0.2, -0.15) is 0 Å². The third-order valence-corrected chi connectivity index (χ3v) is 6.40. The van der Waals surface area contributed by atoms with Crippen LogP contribution in [0.15, 0.2) is 42.9 Å². The minimum absolute atomic E-state index is 0.0531. The van der Waals surface area contributed by atoms with Crippen LogP contribution in [0.5, 0.6) is 0 Å². The Balaban J connectivity index is 1.42. The topological polar surface area (TPSA) is 95.3 Å². The van der Waals surface area contributed by atoms with E-state index in [2.05, 4.69) is 39.1 Å². The average molecular weight is 396 g/mol. The maximum atomic E-state index is 13.0. The molecule has 0 aliphatic carbocycles. The Morgan fingerprint density at radius 1 is 1.21 bits per heavy atom. The second kappa shape index (κ2) is 8.78. The van der Waals surface area contributed by atoms with E-state index in [1.165, 1.54) is 5.56 Å². The molecule has 3 atom stereocenters. The Kier molecular flexibility index (Phi) is 5.94. The predicted octanol–water partition coefficient (Wildman–Crippen LogP) is 1.57. The number of primary amides is 1. The fourth-order valence-corrected chi connectivity index (χ4v) is 4.81. The number of nitrogens with one attached hydrogen (secondary N) is 1. The normalized spacial score (nSPS) is 24.0. The molecule has 7 heteroatoms. The van der Waals surface area contributed by atoms with Gasteiger partial charge in [0.15, 0.2) is 0 Å². The molecular formula is C22H29N5O2. The zero-order valence-electron chi connectivity index (χ0n) is 16.7. The molecule has 0 radical (unpaired) electrons. The van der Waals surface area contributed by atoms with Crippen LogP contribution in [0.25, 0.3) is 0 Å². The standard InChI is InChI=1S/C22H29N5O2/c23-22(29)20(11-19-12-24-15-25-19)27-9-7-18-14-26(8-6-17(18)10-21(27)28)13-16-4-2-1-3-5-16/h1-5,12,15,17-18,20H,6-11,13-14H2,(H2,23,29)(H,24,25)/t17-,18-,20-/m0/s1. The highest BCUT2D eigenvalue weighted by Gasteiger charge is 2.38. The molecule has 0 unspecified atom stereocenters. The van der Waals surface area contributed by atoms with Crippen LogP contribution in [0.4, 0.5) is 0 Å². The van der Waals surface area contributed by atoms with E-state index < -0.39 is 11.9 Å². The summed E-state index contributed by atoms with van der Waals surface area (Å²) in [5.41, 5.74) is 7.82. The van der Waals surface area contributed by atoms with Gasteiger partial charge in [0.2, 0.25) is 11.8 Å². The Labute approximate surface area is 171 Å². The predicted molar refractivity (Wildman–Crippen MR) is 110 cm³/mol. The first-order valence-corrected chi connectivity index (χ1v) is 10.4. The lowest BCUT2D eigenvalue weighted by molar-refractivity contribution is -0.139. The zero-order valence-corrected chi connectivity index (χ0v) is 16.7. The average Bonchev–Trinajstić information content (AvgIpc) is 3.17. The van der Waals surface area contributed by atoms with Gasteiger partial charge in [-0.1, -0.05) is 30.3 Å². The first kappa shape index (κ1) is 19.6. The third kappa shape index (κ3) is 4.67. The molecule has 2 aliphatic rings. The number of carbonyl (C=O) groups excluding carboxylic acids is 2. The summed E-state index contributed by atoms with van der Waals surface area (Å²) in [7, 11) is 0. The number of aromatic amines is 1. The van der Waals surface area contributed by atoms with E-state index in [9.17, 15) is 9.59 Å². The molecule has 7 nitrogen and oxygen atoms in total. The lowest BCUT2D eigenvalue weighted by Crippen LogP contribution is -2.49. The van der Waals surface area contributed by atoms with Crippen molar-refractivity contribution in [3.63, 3.8) is 0 Å². The summed E-state index contributed by atoms with van der Waals surface area (Å²) in [5.74, 6) is 0.461. The summed E-state index contributed by atoms with van der Waals surface area (Å²) < 4.78 is 0. The van der Waals surface area contributed by atoms with Crippen molar-refractivity contribution in [3.8, 4) is 0 Å². The summed E-state index contributed by atoms with van der Waals surface area (Å²) in [6.07, 6.45) is 6.09. The van der Waals surface area contributed by atoms with Crippen molar-refractivity contribution in [2.45, 2.75) is 38.3 Å². The lowest BCUT2D eigenvalue weighted by atomic mass is 9.82. The van der Waals surface area contributed by atoms with Crippen LogP contribution in [0.3, 0.4) is 0 Å². The Hall–Kier alpha value is -2.67. The van der Waals surface area contributed by atoms with Gasteiger partial charge < -0.3 is 15.6 Å². The van der Waals surface area contributed by atoms with Crippen LogP contribution in [-0.2, 0) is 22.6 Å². The molecule has 4 rings (SSSR count). The van der Waals surface area contributed by atoms with Gasteiger partial charge in [-0.05, 0) is 36.8 Å². The molecule has 154 valence electrons. The first-order chi connectivity index (χ1) is 14.1. The van der Waals surface area contributed by atoms with Gasteiger partial charge in [-0.25, -0.2) is 4.98 Å². The van der Waals surface area contributed by atoms with E-state index >= 15 is 0 Å². The minimum Gasteiger partial charge on any atom is -0.368 e. The van der Waals surface area contributed by atoms with Gasteiger partial charge in [0.25, 0.3) is 0 Å². The monoisotopic (exact) mass is 395 g/mol. The number of H-pyrrole nitrogens is 1. The van der Waals surface area contributed by atoms with Crippen molar-refractivity contribution >= 4 is 11.8 Å². The highest BCUT2D eigenvalue weighted by atomic mass is 16.2. The van der Waals surface area contributed by atoms with Gasteiger partial charge in [0.1, 0.15) is 6.04 Å². The van der Waals surface area contributed by atoms with Crippen LogP contribution in [0, 0.1) is 11.8 Å². The number of aromatic nitrogens is 2. The molecule has 0 bridgehead atoms. The summed E-state index contributed by atoms with van der Waals surface area (Å²) >= 11 is 0. The molecule has 2 fully saturated rings. The van der Waals surface area contributed by atoms with Crippen LogP contribution in [-0.4, -0.2) is 57.3 Å². The number of imidazole rings is 1. The second-order valence-corrected chi connectivity index (χ2v) is 8.31. The van der Waals surface area contributed by atoms with Gasteiger partial charge >= 0.3 is 0 Å². The zero-order chi connectivity index (χ0) is 20.2. The van der Waals surface area contributed by atoms with Gasteiger partial charge in [-0.3, -0.25) is 14.5 Å². The van der Waals surface area contributed by atoms with E-state index in [0.29, 0.717) is 31.2 Å². The number of carbonyl (C=O) groups is 2. The molecule has 3 N–H and O–H groups in total. The second-order valence-electron chi connectivity index (χ2n) is 8.31. The molecule has 2 amide bonds. The Bertz CT molecular complexity index is 823. The number of nitrogens with zero attached hydrogens (tertiary/aromatic N) is 3. The lowest BCUT2D eigenvalue weighted by Gasteiger charge is -2.37. The highest BCUT2D eigenvalue weighted by molar-refractivity contribution is 5.87. The Morgan fingerprint density at radius 2 is 2.00 bits per heavy atom. The molecule has 3 heterocycles. The van der Waals surface area contributed by atoms with Crippen LogP contribution < -0.4 is 5.73 Å². The number of likely N-dealkylation sites (tertiary alicyclic amines) is 2. The van der Waals surface area contributed by atoms with Crippen molar-refractivity contribution < 1.29 is 9.59 Å². The van der Waals surface area contributed by atoms with Crippen molar-refractivity contribution in [3.05, 3.63) is 54.1 Å². The third-order valence-electron chi connectivity index (χ3n) is 6.40. The molecule has 29 heavy (non-hydrogen) atoms. The summed E-state index contributed by atoms with van der Waals surface area (Å²) in [6.45, 7) is 3.55. The number of fused-ring (bicyclic) bond motifs is 1. The molecule has 2 aliphatic heterocycles. The fourth-order valence-electron chi connectivity index (χ4n) is 4.81. The SMILES string of the molecule is NC(=O)[C@H](Cc1cnc[nH]1)N1CC[C@H]2CN(Cc3ccccc3)CC[C@H]2CC1=O. The smallest absolute Gasteiger partial charge is 0.240 e. The van der Waals surface area contributed by atoms with Gasteiger partial charge in [0.05, 0.1) is 6.33 Å². The van der Waals surface area contributed by atoms with E-state index in [1.807, 2.05) is 6.07 Å². The largest absolute Gasteiger partial charge is 0.368 e. The molecule has 0 saturated carbocycles. The Morgan fingerprint density at radius 3 is 2.72 bits per heavy atom. The summed E-state index contributed by atoms with van der Waals surface area (Å²) in [4.78, 5) is 36.3. The van der Waals surface area contributed by atoms with Crippen molar-refractivity contribution in [1.29, 1.82) is 0 Å². The number of piperidine rings is 1. The van der Waals surface area contributed by atoms with E-state index in [1.54, 1.807) is 17.4 Å². The van der Waals surface area contributed by atoms with E-state index in [4.69, 9.17) is 5.73 Å². The van der Waals surface area contributed by atoms with Crippen LogP contribution in [0.2, 0.25) is 0 Å². The number of amides is 2. The maximum Gasteiger partial charge on any atom is 0.240 e. The van der Waals surface area contributed by atoms with E-state index in [0.717, 1.165) is 38.2 Å². The number of nitrogens with two attached hydrogens (primary N) is 1. The highest BCUT2D eigenvalue weighted by Crippen LogP contribution is 2.33. The molecule has 2 saturated heterocycles. The summed E-state index contributed by atoms with van der Waals surface area (Å²) in [6, 6.07) is 9.90. The van der Waals surface area contributed by atoms with Crippen molar-refractivity contribution in [2.75, 3.05) is 19.6 Å².